The van der Waals surface area contributed by atoms with Crippen molar-refractivity contribution >= 4 is 17.4 Å². The van der Waals surface area contributed by atoms with Gasteiger partial charge in [-0.05, 0) is 32.1 Å². The summed E-state index contributed by atoms with van der Waals surface area (Å²) in [5.74, 6) is 2.92. The summed E-state index contributed by atoms with van der Waals surface area (Å²) in [6.45, 7) is 11.9. The average Bonchev–Trinajstić information content (AvgIpc) is 3.18. The summed E-state index contributed by atoms with van der Waals surface area (Å²) in [4.78, 5) is 11.7. The van der Waals surface area contributed by atoms with Gasteiger partial charge in [-0.3, -0.25) is 0 Å². The number of halogens is 1. The lowest BCUT2D eigenvalue weighted by Crippen LogP contribution is -2.30. The molecule has 1 aliphatic carbocycles. The van der Waals surface area contributed by atoms with Crippen LogP contribution in [0.1, 0.15) is 64.3 Å². The third-order valence-corrected chi connectivity index (χ3v) is 4.17. The van der Waals surface area contributed by atoms with E-state index >= 15 is 0 Å². The van der Waals surface area contributed by atoms with Crippen LogP contribution in [0, 0.1) is 12.8 Å². The molecular weight excluding hydrogens is 270 g/mol. The zero-order valence-electron chi connectivity index (χ0n) is 13.3. The van der Waals surface area contributed by atoms with Crippen LogP contribution in [-0.2, 0) is 0 Å². The molecular formula is C16H26ClN3. The number of hydrogen-bond acceptors (Lipinski definition) is 3. The number of nitrogens with zero attached hydrogens (tertiary/aromatic N) is 3. The Morgan fingerprint density at radius 3 is 2.35 bits per heavy atom. The Morgan fingerprint density at radius 2 is 1.85 bits per heavy atom. The van der Waals surface area contributed by atoms with E-state index in [2.05, 4.69) is 37.6 Å². The third kappa shape index (κ3) is 3.63. The minimum absolute atomic E-state index is 0.304. The van der Waals surface area contributed by atoms with Gasteiger partial charge in [-0.15, -0.1) is 0 Å². The Morgan fingerprint density at radius 1 is 1.20 bits per heavy atom. The number of rotatable bonds is 6. The van der Waals surface area contributed by atoms with Crippen molar-refractivity contribution in [3.8, 4) is 0 Å². The van der Waals surface area contributed by atoms with Crippen molar-refractivity contribution in [2.75, 3.05) is 11.4 Å². The van der Waals surface area contributed by atoms with Gasteiger partial charge in [0, 0.05) is 24.1 Å². The molecule has 4 heteroatoms. The molecule has 1 saturated carbocycles. The average molecular weight is 296 g/mol. The van der Waals surface area contributed by atoms with Crippen molar-refractivity contribution in [3.63, 3.8) is 0 Å². The fourth-order valence-electron chi connectivity index (χ4n) is 2.28. The second kappa shape index (κ2) is 6.30. The van der Waals surface area contributed by atoms with E-state index in [1.807, 2.05) is 6.92 Å². The van der Waals surface area contributed by atoms with Gasteiger partial charge in [-0.25, -0.2) is 9.97 Å². The molecule has 1 aliphatic rings. The topological polar surface area (TPSA) is 29.0 Å². The molecule has 0 atom stereocenters. The van der Waals surface area contributed by atoms with Gasteiger partial charge in [0.2, 0.25) is 0 Å². The van der Waals surface area contributed by atoms with Crippen LogP contribution in [0.4, 0.5) is 5.82 Å². The minimum atomic E-state index is 0.304. The number of aromatic nitrogens is 2. The Labute approximate surface area is 127 Å². The SMILES string of the molecule is Cc1c(Cl)nc(C(C)C)nc1N(CCC(C)C)C1CC1. The molecule has 1 heterocycles. The second-order valence-electron chi connectivity index (χ2n) is 6.58. The Balaban J connectivity index is 2.31. The third-order valence-electron chi connectivity index (χ3n) is 3.80. The largest absolute Gasteiger partial charge is 0.353 e. The lowest BCUT2D eigenvalue weighted by Gasteiger charge is -2.27. The van der Waals surface area contributed by atoms with E-state index in [1.165, 1.54) is 19.3 Å². The van der Waals surface area contributed by atoms with Crippen molar-refractivity contribution in [1.82, 2.24) is 9.97 Å². The number of hydrogen-bond donors (Lipinski definition) is 0. The molecule has 0 aliphatic heterocycles. The molecule has 1 fully saturated rings. The molecule has 0 N–H and O–H groups in total. The van der Waals surface area contributed by atoms with Crippen LogP contribution in [0.5, 0.6) is 0 Å². The molecule has 0 amide bonds. The first-order valence-electron chi connectivity index (χ1n) is 7.70. The summed E-state index contributed by atoms with van der Waals surface area (Å²) in [5, 5.41) is 0.605. The van der Waals surface area contributed by atoms with E-state index in [9.17, 15) is 0 Å². The van der Waals surface area contributed by atoms with Gasteiger partial charge >= 0.3 is 0 Å². The maximum atomic E-state index is 6.32. The van der Waals surface area contributed by atoms with E-state index < -0.39 is 0 Å². The van der Waals surface area contributed by atoms with Crippen molar-refractivity contribution in [2.24, 2.45) is 5.92 Å². The maximum absolute atomic E-state index is 6.32. The van der Waals surface area contributed by atoms with Crippen LogP contribution in [-0.4, -0.2) is 22.6 Å². The monoisotopic (exact) mass is 295 g/mol. The molecule has 2 rings (SSSR count). The van der Waals surface area contributed by atoms with Crippen LogP contribution < -0.4 is 4.90 Å². The second-order valence-corrected chi connectivity index (χ2v) is 6.94. The lowest BCUT2D eigenvalue weighted by atomic mass is 10.1. The molecule has 1 aromatic rings. The van der Waals surface area contributed by atoms with E-state index in [0.29, 0.717) is 23.0 Å². The summed E-state index contributed by atoms with van der Waals surface area (Å²) >= 11 is 6.32. The van der Waals surface area contributed by atoms with Crippen molar-refractivity contribution < 1.29 is 0 Å². The van der Waals surface area contributed by atoms with Gasteiger partial charge in [0.25, 0.3) is 0 Å². The molecule has 112 valence electrons. The zero-order valence-corrected chi connectivity index (χ0v) is 14.0. The molecule has 0 unspecified atom stereocenters. The first kappa shape index (κ1) is 15.6. The summed E-state index contributed by atoms with van der Waals surface area (Å²) in [6, 6.07) is 0.651. The maximum Gasteiger partial charge on any atom is 0.137 e. The van der Waals surface area contributed by atoms with E-state index in [0.717, 1.165) is 23.8 Å². The molecule has 0 radical (unpaired) electrons. The van der Waals surface area contributed by atoms with Crippen LogP contribution in [0.3, 0.4) is 0 Å². The molecule has 1 aromatic heterocycles. The Hall–Kier alpha value is -0.830. The van der Waals surface area contributed by atoms with Gasteiger partial charge in [0.1, 0.15) is 16.8 Å². The van der Waals surface area contributed by atoms with Gasteiger partial charge in [0.15, 0.2) is 0 Å². The zero-order chi connectivity index (χ0) is 14.9. The van der Waals surface area contributed by atoms with Gasteiger partial charge < -0.3 is 4.90 Å². The fourth-order valence-corrected chi connectivity index (χ4v) is 2.45. The van der Waals surface area contributed by atoms with E-state index in [4.69, 9.17) is 16.6 Å². The van der Waals surface area contributed by atoms with Crippen molar-refractivity contribution in [3.05, 3.63) is 16.5 Å². The summed E-state index contributed by atoms with van der Waals surface area (Å²) in [6.07, 6.45) is 3.74. The smallest absolute Gasteiger partial charge is 0.137 e. The highest BCUT2D eigenvalue weighted by molar-refractivity contribution is 6.30. The quantitative estimate of drug-likeness (QED) is 0.720. The molecule has 20 heavy (non-hydrogen) atoms. The first-order chi connectivity index (χ1) is 9.40. The summed E-state index contributed by atoms with van der Waals surface area (Å²) in [7, 11) is 0. The Kier molecular flexibility index (Phi) is 4.90. The Bertz CT molecular complexity index is 467. The van der Waals surface area contributed by atoms with Crippen LogP contribution in [0.25, 0.3) is 0 Å². The lowest BCUT2D eigenvalue weighted by molar-refractivity contribution is 0.566. The minimum Gasteiger partial charge on any atom is -0.353 e. The van der Waals surface area contributed by atoms with Crippen molar-refractivity contribution in [2.45, 2.75) is 65.8 Å². The highest BCUT2D eigenvalue weighted by Crippen LogP contribution is 2.35. The van der Waals surface area contributed by atoms with Crippen LogP contribution >= 0.6 is 11.6 Å². The normalized spacial score (nSPS) is 15.2. The predicted octanol–water partition coefficient (Wildman–Crippen LogP) is 4.58. The molecule has 0 saturated heterocycles. The van der Waals surface area contributed by atoms with Gasteiger partial charge in [0.05, 0.1) is 0 Å². The molecule has 0 bridgehead atoms. The van der Waals surface area contributed by atoms with Crippen LogP contribution in [0.15, 0.2) is 0 Å². The standard InChI is InChI=1S/C16H26ClN3/c1-10(2)8-9-20(13-6-7-13)16-12(5)14(17)18-15(19-16)11(3)4/h10-11,13H,6-9H2,1-5H3. The van der Waals surface area contributed by atoms with E-state index in [-0.39, 0.29) is 0 Å². The highest BCUT2D eigenvalue weighted by Gasteiger charge is 2.31. The van der Waals surface area contributed by atoms with Gasteiger partial charge in [-0.1, -0.05) is 39.3 Å². The molecule has 0 spiro atoms. The summed E-state index contributed by atoms with van der Waals surface area (Å²) < 4.78 is 0. The van der Waals surface area contributed by atoms with Gasteiger partial charge in [-0.2, -0.15) is 0 Å². The molecule has 0 aromatic carbocycles. The fraction of sp³-hybridized carbons (Fsp3) is 0.750. The summed E-state index contributed by atoms with van der Waals surface area (Å²) in [5.41, 5.74) is 1.02. The number of anilines is 1. The predicted molar refractivity (Wildman–Crippen MR) is 85.7 cm³/mol. The first-order valence-corrected chi connectivity index (χ1v) is 8.08. The van der Waals surface area contributed by atoms with Crippen molar-refractivity contribution in [1.29, 1.82) is 0 Å². The van der Waals surface area contributed by atoms with Crippen LogP contribution in [0.2, 0.25) is 5.15 Å². The molecule has 3 nitrogen and oxygen atoms in total. The van der Waals surface area contributed by atoms with E-state index in [1.54, 1.807) is 0 Å². The highest BCUT2D eigenvalue weighted by atomic mass is 35.5.